The largest absolute Gasteiger partial charge is 0.266 e. The van der Waals surface area contributed by atoms with Gasteiger partial charge in [0.1, 0.15) is 0 Å². The topological polar surface area (TPSA) is 55.2 Å². The molecule has 122 valence electrons. The molecular formula is C18H17N3O2S. The molecule has 0 amide bonds. The molecule has 1 aliphatic rings. The summed E-state index contributed by atoms with van der Waals surface area (Å²) >= 11 is 0. The third-order valence-electron chi connectivity index (χ3n) is 4.26. The summed E-state index contributed by atoms with van der Waals surface area (Å²) in [6, 6.07) is 16.4. The molecule has 5 nitrogen and oxygen atoms in total. The lowest BCUT2D eigenvalue weighted by molar-refractivity contribution is 0.586. The molecule has 4 rings (SSSR count). The van der Waals surface area contributed by atoms with Crippen molar-refractivity contribution in [3.8, 4) is 5.69 Å². The average molecular weight is 339 g/mol. The molecule has 3 aromatic rings. The number of anilines is 1. The predicted octanol–water partition coefficient (Wildman–Crippen LogP) is 3.01. The lowest BCUT2D eigenvalue weighted by Gasteiger charge is -2.30. The van der Waals surface area contributed by atoms with Gasteiger partial charge in [-0.3, -0.25) is 4.31 Å². The minimum Gasteiger partial charge on any atom is -0.266 e. The standard InChI is InChI=1S/C18H17N3O2S/c22-24(23,21-14-3-6-15-5-1-2-7-18(15)21)17-10-8-16(9-11-17)20-13-4-12-19-20/h1-2,4-5,7-13H,3,6,14H2. The van der Waals surface area contributed by atoms with Crippen LogP contribution in [0.5, 0.6) is 0 Å². The van der Waals surface area contributed by atoms with Crippen LogP contribution in [0.1, 0.15) is 12.0 Å². The van der Waals surface area contributed by atoms with E-state index in [9.17, 15) is 8.42 Å². The summed E-state index contributed by atoms with van der Waals surface area (Å²) in [6.45, 7) is 0.514. The molecule has 0 saturated carbocycles. The second-order valence-corrected chi connectivity index (χ2v) is 7.62. The molecule has 0 saturated heterocycles. The maximum absolute atomic E-state index is 13.1. The number of fused-ring (bicyclic) bond motifs is 1. The Balaban J connectivity index is 1.71. The van der Waals surface area contributed by atoms with E-state index in [0.717, 1.165) is 29.8 Å². The van der Waals surface area contributed by atoms with Gasteiger partial charge in [0.15, 0.2) is 0 Å². The quantitative estimate of drug-likeness (QED) is 0.737. The molecule has 24 heavy (non-hydrogen) atoms. The first-order valence-electron chi connectivity index (χ1n) is 7.87. The van der Waals surface area contributed by atoms with E-state index < -0.39 is 10.0 Å². The fourth-order valence-corrected chi connectivity index (χ4v) is 4.61. The van der Waals surface area contributed by atoms with Gasteiger partial charge in [-0.1, -0.05) is 18.2 Å². The Morgan fingerprint density at radius 3 is 2.50 bits per heavy atom. The molecule has 0 N–H and O–H groups in total. The van der Waals surface area contributed by atoms with Crippen LogP contribution < -0.4 is 4.31 Å². The van der Waals surface area contributed by atoms with Crippen molar-refractivity contribution in [3.63, 3.8) is 0 Å². The average Bonchev–Trinajstić information content (AvgIpc) is 3.16. The van der Waals surface area contributed by atoms with E-state index in [1.54, 1.807) is 35.1 Å². The van der Waals surface area contributed by atoms with E-state index in [1.165, 1.54) is 4.31 Å². The highest BCUT2D eigenvalue weighted by molar-refractivity contribution is 7.92. The second kappa shape index (κ2) is 5.79. The van der Waals surface area contributed by atoms with Crippen molar-refractivity contribution >= 4 is 15.7 Å². The summed E-state index contributed by atoms with van der Waals surface area (Å²) in [5.41, 5.74) is 2.71. The van der Waals surface area contributed by atoms with E-state index >= 15 is 0 Å². The summed E-state index contributed by atoms with van der Waals surface area (Å²) in [5, 5.41) is 4.15. The van der Waals surface area contributed by atoms with Crippen molar-refractivity contribution in [1.29, 1.82) is 0 Å². The molecule has 1 aliphatic heterocycles. The second-order valence-electron chi connectivity index (χ2n) is 5.75. The molecule has 0 aliphatic carbocycles. The van der Waals surface area contributed by atoms with Crippen LogP contribution in [0.15, 0.2) is 71.9 Å². The molecule has 0 spiro atoms. The smallest absolute Gasteiger partial charge is 0.264 e. The zero-order chi connectivity index (χ0) is 16.6. The van der Waals surface area contributed by atoms with Gasteiger partial charge >= 0.3 is 0 Å². The Labute approximate surface area is 141 Å². The van der Waals surface area contributed by atoms with Gasteiger partial charge in [0, 0.05) is 18.9 Å². The first-order chi connectivity index (χ1) is 11.7. The fourth-order valence-electron chi connectivity index (χ4n) is 3.07. The third kappa shape index (κ3) is 2.49. The molecule has 2 aromatic carbocycles. The molecule has 6 heteroatoms. The molecule has 2 heterocycles. The molecule has 1 aromatic heterocycles. The maximum atomic E-state index is 13.1. The minimum absolute atomic E-state index is 0.301. The van der Waals surface area contributed by atoms with Gasteiger partial charge in [0.2, 0.25) is 0 Å². The van der Waals surface area contributed by atoms with Gasteiger partial charge in [-0.05, 0) is 54.8 Å². The number of aromatic nitrogens is 2. The van der Waals surface area contributed by atoms with Crippen LogP contribution in [-0.2, 0) is 16.4 Å². The number of rotatable bonds is 3. The van der Waals surface area contributed by atoms with Crippen molar-refractivity contribution in [1.82, 2.24) is 9.78 Å². The highest BCUT2D eigenvalue weighted by Gasteiger charge is 2.28. The Bertz CT molecular complexity index is 948. The molecule has 0 unspecified atom stereocenters. The first-order valence-corrected chi connectivity index (χ1v) is 9.31. The van der Waals surface area contributed by atoms with Crippen LogP contribution in [0.3, 0.4) is 0 Å². The third-order valence-corrected chi connectivity index (χ3v) is 6.09. The van der Waals surface area contributed by atoms with E-state index in [0.29, 0.717) is 11.4 Å². The zero-order valence-electron chi connectivity index (χ0n) is 13.0. The van der Waals surface area contributed by atoms with Crippen LogP contribution >= 0.6 is 0 Å². The SMILES string of the molecule is O=S(=O)(c1ccc(-n2cccn2)cc1)N1CCCc2ccccc21. The maximum Gasteiger partial charge on any atom is 0.264 e. The molecule has 0 bridgehead atoms. The van der Waals surface area contributed by atoms with Crippen molar-refractivity contribution in [2.45, 2.75) is 17.7 Å². The van der Waals surface area contributed by atoms with Crippen LogP contribution in [0.4, 0.5) is 5.69 Å². The van der Waals surface area contributed by atoms with Gasteiger partial charge in [-0.2, -0.15) is 5.10 Å². The van der Waals surface area contributed by atoms with Crippen molar-refractivity contribution in [2.75, 3.05) is 10.8 Å². The zero-order valence-corrected chi connectivity index (χ0v) is 13.9. The van der Waals surface area contributed by atoms with Crippen LogP contribution in [0.25, 0.3) is 5.69 Å². The predicted molar refractivity (Wildman–Crippen MR) is 92.9 cm³/mol. The summed E-state index contributed by atoms with van der Waals surface area (Å²) < 4.78 is 29.3. The number of aryl methyl sites for hydroxylation is 1. The minimum atomic E-state index is -3.56. The van der Waals surface area contributed by atoms with E-state index in [4.69, 9.17) is 0 Å². The highest BCUT2D eigenvalue weighted by atomic mass is 32.2. The van der Waals surface area contributed by atoms with Gasteiger partial charge in [-0.25, -0.2) is 13.1 Å². The summed E-state index contributed by atoms with van der Waals surface area (Å²) in [7, 11) is -3.56. The highest BCUT2D eigenvalue weighted by Crippen LogP contribution is 2.31. The lowest BCUT2D eigenvalue weighted by atomic mass is 10.0. The Kier molecular flexibility index (Phi) is 3.61. The fraction of sp³-hybridized carbons (Fsp3) is 0.167. The molecule has 0 fully saturated rings. The number of hydrogen-bond donors (Lipinski definition) is 0. The van der Waals surface area contributed by atoms with E-state index in [1.807, 2.05) is 36.5 Å². The van der Waals surface area contributed by atoms with E-state index in [2.05, 4.69) is 5.10 Å². The van der Waals surface area contributed by atoms with Gasteiger partial charge in [0.25, 0.3) is 10.0 Å². The number of benzene rings is 2. The molecule has 0 atom stereocenters. The number of para-hydroxylation sites is 1. The van der Waals surface area contributed by atoms with Gasteiger partial charge < -0.3 is 0 Å². The van der Waals surface area contributed by atoms with Crippen LogP contribution in [0, 0.1) is 0 Å². The first kappa shape index (κ1) is 15.0. The van der Waals surface area contributed by atoms with Crippen molar-refractivity contribution < 1.29 is 8.42 Å². The molecular weight excluding hydrogens is 322 g/mol. The van der Waals surface area contributed by atoms with E-state index in [-0.39, 0.29) is 0 Å². The Hall–Kier alpha value is -2.60. The van der Waals surface area contributed by atoms with Crippen molar-refractivity contribution in [3.05, 3.63) is 72.6 Å². The van der Waals surface area contributed by atoms with Gasteiger partial charge in [0.05, 0.1) is 16.3 Å². The van der Waals surface area contributed by atoms with Crippen LogP contribution in [0.2, 0.25) is 0 Å². The molecule has 0 radical (unpaired) electrons. The number of nitrogens with zero attached hydrogens (tertiary/aromatic N) is 3. The van der Waals surface area contributed by atoms with Crippen molar-refractivity contribution in [2.24, 2.45) is 0 Å². The number of sulfonamides is 1. The summed E-state index contributed by atoms with van der Waals surface area (Å²) in [6.07, 6.45) is 5.27. The van der Waals surface area contributed by atoms with Gasteiger partial charge in [-0.15, -0.1) is 0 Å². The summed E-state index contributed by atoms with van der Waals surface area (Å²) in [4.78, 5) is 0.301. The lowest BCUT2D eigenvalue weighted by Crippen LogP contribution is -2.35. The normalized spacial score (nSPS) is 14.4. The number of hydrogen-bond acceptors (Lipinski definition) is 3. The van der Waals surface area contributed by atoms with Crippen LogP contribution in [-0.4, -0.2) is 24.7 Å². The monoisotopic (exact) mass is 339 g/mol. The Morgan fingerprint density at radius 2 is 1.75 bits per heavy atom. The Morgan fingerprint density at radius 1 is 0.958 bits per heavy atom. The summed E-state index contributed by atoms with van der Waals surface area (Å²) in [5.74, 6) is 0.